The van der Waals surface area contributed by atoms with Crippen molar-refractivity contribution in [3.63, 3.8) is 0 Å². The van der Waals surface area contributed by atoms with Gasteiger partial charge in [-0.05, 0) is 93.6 Å². The minimum Gasteiger partial charge on any atom is -0.378 e. The van der Waals surface area contributed by atoms with Gasteiger partial charge in [0.2, 0.25) is 0 Å². The highest BCUT2D eigenvalue weighted by Gasteiger charge is 2.32. The van der Waals surface area contributed by atoms with E-state index in [2.05, 4.69) is 22.0 Å². The van der Waals surface area contributed by atoms with E-state index in [1.54, 1.807) is 15.6 Å². The van der Waals surface area contributed by atoms with Gasteiger partial charge in [-0.1, -0.05) is 12.1 Å². The van der Waals surface area contributed by atoms with Gasteiger partial charge in [-0.25, -0.2) is 9.98 Å². The lowest BCUT2D eigenvalue weighted by molar-refractivity contribution is -0.122. The summed E-state index contributed by atoms with van der Waals surface area (Å²) in [7, 11) is 0. The first-order valence-corrected chi connectivity index (χ1v) is 14.6. The highest BCUT2D eigenvalue weighted by molar-refractivity contribution is 8.18. The van der Waals surface area contributed by atoms with Crippen LogP contribution in [0.2, 0.25) is 0 Å². The molecule has 0 aliphatic carbocycles. The van der Waals surface area contributed by atoms with Crippen LogP contribution < -0.4 is 10.5 Å². The summed E-state index contributed by atoms with van der Waals surface area (Å²) in [5.41, 5.74) is 5.06. The number of likely N-dealkylation sites (N-methyl/N-ethyl adjacent to an activating group) is 1. The van der Waals surface area contributed by atoms with Gasteiger partial charge in [0, 0.05) is 36.7 Å². The number of aryl methyl sites for hydroxylation is 2. The number of carbonyl (C=O) groups excluding carboxylic acids is 1. The lowest BCUT2D eigenvalue weighted by Crippen LogP contribution is -2.36. The number of anilines is 1. The molecule has 210 valence electrons. The molecular weight excluding hydrogens is 536 g/mol. The van der Waals surface area contributed by atoms with Gasteiger partial charge in [0.15, 0.2) is 5.17 Å². The zero-order valence-corrected chi connectivity index (χ0v) is 24.4. The highest BCUT2D eigenvalue weighted by atomic mass is 32.2. The van der Waals surface area contributed by atoms with Crippen LogP contribution in [0.5, 0.6) is 0 Å². The molecule has 4 heterocycles. The van der Waals surface area contributed by atoms with Gasteiger partial charge in [0.25, 0.3) is 11.5 Å². The Morgan fingerprint density at radius 2 is 1.73 bits per heavy atom. The van der Waals surface area contributed by atoms with Crippen molar-refractivity contribution in [2.45, 2.75) is 27.7 Å². The van der Waals surface area contributed by atoms with Crippen molar-refractivity contribution in [1.82, 2.24) is 19.2 Å². The molecular formula is C31H32N6O3S. The van der Waals surface area contributed by atoms with E-state index >= 15 is 0 Å². The van der Waals surface area contributed by atoms with E-state index in [1.165, 1.54) is 11.8 Å². The summed E-state index contributed by atoms with van der Waals surface area (Å²) >= 11 is 1.37. The average molecular weight is 569 g/mol. The van der Waals surface area contributed by atoms with E-state index in [0.29, 0.717) is 33.3 Å². The van der Waals surface area contributed by atoms with Crippen molar-refractivity contribution in [3.05, 3.63) is 92.6 Å². The van der Waals surface area contributed by atoms with E-state index < -0.39 is 0 Å². The number of nitrogens with zero attached hydrogens (tertiary/aromatic N) is 6. The molecule has 2 saturated heterocycles. The summed E-state index contributed by atoms with van der Waals surface area (Å²) in [5, 5.41) is 1.21. The first kappa shape index (κ1) is 27.0. The third-order valence-corrected chi connectivity index (χ3v) is 8.50. The van der Waals surface area contributed by atoms with Gasteiger partial charge in [-0.2, -0.15) is 4.68 Å². The van der Waals surface area contributed by atoms with Crippen molar-refractivity contribution in [3.8, 4) is 0 Å². The summed E-state index contributed by atoms with van der Waals surface area (Å²) < 4.78 is 8.93. The third kappa shape index (κ3) is 4.98. The Bertz CT molecular complexity index is 1760. The molecule has 1 amide bonds. The third-order valence-electron chi connectivity index (χ3n) is 7.49. The van der Waals surface area contributed by atoms with Crippen LogP contribution >= 0.6 is 11.8 Å². The van der Waals surface area contributed by atoms with E-state index in [9.17, 15) is 9.59 Å². The first-order valence-electron chi connectivity index (χ1n) is 13.8. The maximum absolute atomic E-state index is 13.5. The number of aromatic nitrogens is 3. The minimum atomic E-state index is -0.133. The zero-order valence-electron chi connectivity index (χ0n) is 23.6. The number of rotatable bonds is 5. The molecule has 0 radical (unpaired) electrons. The van der Waals surface area contributed by atoms with Gasteiger partial charge in [0.1, 0.15) is 5.82 Å². The van der Waals surface area contributed by atoms with Gasteiger partial charge in [-0.15, -0.1) is 0 Å². The predicted octanol–water partition coefficient (Wildman–Crippen LogP) is 4.90. The number of aliphatic imine (C=N–C) groups is 1. The van der Waals surface area contributed by atoms with Crippen LogP contribution in [0.25, 0.3) is 17.0 Å². The number of morpholine rings is 1. The first-order chi connectivity index (χ1) is 19.9. The molecule has 2 aromatic heterocycles. The number of hydrogen-bond donors (Lipinski definition) is 0. The van der Waals surface area contributed by atoms with Gasteiger partial charge < -0.3 is 9.64 Å². The highest BCUT2D eigenvalue weighted by Crippen LogP contribution is 2.35. The molecule has 2 aliphatic rings. The Hall–Kier alpha value is -4.15. The molecule has 4 aromatic rings. The van der Waals surface area contributed by atoms with Crippen LogP contribution in [-0.2, 0) is 9.53 Å². The molecule has 2 fully saturated rings. The summed E-state index contributed by atoms with van der Waals surface area (Å²) in [6.07, 6.45) is 1.90. The number of hydrogen-bond acceptors (Lipinski definition) is 7. The largest absolute Gasteiger partial charge is 0.378 e. The molecule has 0 N–H and O–H groups in total. The van der Waals surface area contributed by atoms with E-state index in [-0.39, 0.29) is 11.5 Å². The van der Waals surface area contributed by atoms with E-state index in [4.69, 9.17) is 9.73 Å². The molecule has 0 spiro atoms. The Labute approximate surface area is 242 Å². The number of benzene rings is 2. The smallest absolute Gasteiger partial charge is 0.280 e. The second kappa shape index (κ2) is 11.0. The second-order valence-electron chi connectivity index (χ2n) is 10.1. The molecule has 0 atom stereocenters. The Balaban J connectivity index is 1.32. The molecule has 10 heteroatoms. The molecule has 6 rings (SSSR count). The van der Waals surface area contributed by atoms with Crippen LogP contribution in [0.15, 0.2) is 69.3 Å². The van der Waals surface area contributed by atoms with Crippen molar-refractivity contribution in [2.75, 3.05) is 37.7 Å². The predicted molar refractivity (Wildman–Crippen MR) is 165 cm³/mol. The fourth-order valence-corrected chi connectivity index (χ4v) is 6.44. The number of amides is 1. The Kier molecular flexibility index (Phi) is 7.27. The Morgan fingerprint density at radius 1 is 1.00 bits per heavy atom. The monoisotopic (exact) mass is 568 g/mol. The van der Waals surface area contributed by atoms with Gasteiger partial charge in [0.05, 0.1) is 34.7 Å². The topological polar surface area (TPSA) is 85.0 Å². The summed E-state index contributed by atoms with van der Waals surface area (Å²) in [6, 6.07) is 17.5. The number of carbonyl (C=O) groups is 1. The van der Waals surface area contributed by atoms with Crippen molar-refractivity contribution in [1.29, 1.82) is 0 Å². The fraction of sp³-hybridized carbons (Fsp3) is 0.290. The molecule has 9 nitrogen and oxygen atoms in total. The van der Waals surface area contributed by atoms with E-state index in [1.807, 2.05) is 74.8 Å². The molecule has 2 aromatic carbocycles. The normalized spacial score (nSPS) is 17.9. The van der Waals surface area contributed by atoms with Crippen LogP contribution in [0.3, 0.4) is 0 Å². The average Bonchev–Trinajstić information content (AvgIpc) is 3.43. The van der Waals surface area contributed by atoms with Gasteiger partial charge >= 0.3 is 0 Å². The molecule has 0 unspecified atom stereocenters. The fourth-order valence-electron chi connectivity index (χ4n) is 5.38. The number of ether oxygens (including phenoxy) is 1. The van der Waals surface area contributed by atoms with Crippen LogP contribution in [0.4, 0.5) is 11.4 Å². The van der Waals surface area contributed by atoms with Crippen LogP contribution in [0.1, 0.15) is 29.7 Å². The number of fused-ring (bicyclic) bond motifs is 1. The summed E-state index contributed by atoms with van der Waals surface area (Å²) in [6.45, 7) is 11.4. The van der Waals surface area contributed by atoms with Crippen molar-refractivity contribution >= 4 is 51.2 Å². The molecule has 0 bridgehead atoms. The number of amidine groups is 1. The van der Waals surface area contributed by atoms with Crippen molar-refractivity contribution < 1.29 is 9.53 Å². The lowest BCUT2D eigenvalue weighted by Gasteiger charge is -2.28. The lowest BCUT2D eigenvalue weighted by atomic mass is 10.2. The zero-order chi connectivity index (χ0) is 28.7. The van der Waals surface area contributed by atoms with Crippen LogP contribution in [-0.4, -0.2) is 63.2 Å². The maximum Gasteiger partial charge on any atom is 0.280 e. The Morgan fingerprint density at radius 3 is 2.46 bits per heavy atom. The molecule has 41 heavy (non-hydrogen) atoms. The van der Waals surface area contributed by atoms with Crippen molar-refractivity contribution in [2.24, 2.45) is 4.99 Å². The quantitative estimate of drug-likeness (QED) is 0.319. The van der Waals surface area contributed by atoms with E-state index in [0.717, 1.165) is 54.6 Å². The maximum atomic E-state index is 13.5. The SMILES string of the molecule is CCN1C(=O)C(=Cc2cc(C)n(-n3c(C)nc4ccccc4c3=O)c2C)SC1=Nc1ccc(N2CCOCC2)cc1. The molecule has 2 aliphatic heterocycles. The number of para-hydroxylation sites is 1. The standard InChI is InChI=1S/C31H32N6O3S/c1-5-35-30(39)28(41-31(35)33-24-10-12-25(13-11-24)34-14-16-40-17-15-34)19-23-18-20(2)36(21(23)3)37-22(4)32-27-9-7-6-8-26(27)29(37)38/h6-13,18-19H,5,14-17H2,1-4H3. The minimum absolute atomic E-state index is 0.0771. The summed E-state index contributed by atoms with van der Waals surface area (Å²) in [4.78, 5) is 40.9. The second-order valence-corrected chi connectivity index (χ2v) is 11.1. The summed E-state index contributed by atoms with van der Waals surface area (Å²) in [5.74, 6) is 0.513. The number of thioether (sulfide) groups is 1. The van der Waals surface area contributed by atoms with Crippen LogP contribution in [0, 0.1) is 20.8 Å². The van der Waals surface area contributed by atoms with Gasteiger partial charge in [-0.3, -0.25) is 19.2 Å². The molecule has 0 saturated carbocycles.